The molecule has 164 valence electrons. The second-order valence-electron chi connectivity index (χ2n) is 8.80. The molecule has 0 spiro atoms. The first-order valence-corrected chi connectivity index (χ1v) is 12.1. The molecule has 0 unspecified atom stereocenters. The van der Waals surface area contributed by atoms with Gasteiger partial charge in [0.15, 0.2) is 0 Å². The van der Waals surface area contributed by atoms with E-state index in [1.165, 1.54) is 0 Å². The Morgan fingerprint density at radius 1 is 1.17 bits per heavy atom. The van der Waals surface area contributed by atoms with Crippen LogP contribution in [0.1, 0.15) is 43.7 Å². The summed E-state index contributed by atoms with van der Waals surface area (Å²) >= 11 is 0. The van der Waals surface area contributed by atoms with Gasteiger partial charge in [0, 0.05) is 31.7 Å². The normalized spacial score (nSPS) is 24.6. The first kappa shape index (κ1) is 21.3. The molecule has 2 aliphatic rings. The highest BCUT2D eigenvalue weighted by molar-refractivity contribution is 7.89. The number of hydrogen-bond donors (Lipinski definition) is 0. The highest BCUT2D eigenvalue weighted by Gasteiger charge is 2.43. The molecule has 1 aromatic carbocycles. The molecule has 30 heavy (non-hydrogen) atoms. The second-order valence-corrected chi connectivity index (χ2v) is 10.7. The molecule has 0 saturated carbocycles. The largest absolute Gasteiger partial charge is 0.487 e. The van der Waals surface area contributed by atoms with Gasteiger partial charge in [-0.25, -0.2) is 8.42 Å². The maximum absolute atomic E-state index is 13.6. The molecular formula is C22H31N3O4S. The van der Waals surface area contributed by atoms with E-state index in [0.717, 1.165) is 49.5 Å². The zero-order chi connectivity index (χ0) is 21.5. The number of rotatable bonds is 4. The first-order chi connectivity index (χ1) is 14.3. The zero-order valence-corrected chi connectivity index (χ0v) is 19.0. The molecular weight excluding hydrogens is 402 g/mol. The fraction of sp³-hybridized carbons (Fsp3) is 0.591. The highest BCUT2D eigenvalue weighted by Crippen LogP contribution is 2.37. The lowest BCUT2D eigenvalue weighted by molar-refractivity contribution is 0.108. The quantitative estimate of drug-likeness (QED) is 0.736. The minimum absolute atomic E-state index is 0.170. The summed E-state index contributed by atoms with van der Waals surface area (Å²) in [4.78, 5) is 2.64. The van der Waals surface area contributed by atoms with E-state index in [9.17, 15) is 8.42 Å². The van der Waals surface area contributed by atoms with Crippen molar-refractivity contribution in [1.82, 2.24) is 14.4 Å². The summed E-state index contributed by atoms with van der Waals surface area (Å²) in [5.74, 6) is 1.55. The lowest BCUT2D eigenvalue weighted by Gasteiger charge is -2.32. The Bertz CT molecular complexity index is 982. The lowest BCUT2D eigenvalue weighted by Crippen LogP contribution is -2.48. The van der Waals surface area contributed by atoms with Crippen molar-refractivity contribution in [3.63, 3.8) is 0 Å². The molecule has 0 bridgehead atoms. The van der Waals surface area contributed by atoms with Gasteiger partial charge in [-0.2, -0.15) is 4.31 Å². The minimum atomic E-state index is -3.62. The number of hydrogen-bond acceptors (Lipinski definition) is 6. The fourth-order valence-corrected chi connectivity index (χ4v) is 6.48. The first-order valence-electron chi connectivity index (χ1n) is 10.7. The monoisotopic (exact) mass is 433 g/mol. The predicted octanol–water partition coefficient (Wildman–Crippen LogP) is 3.36. The third-order valence-electron chi connectivity index (χ3n) is 6.09. The van der Waals surface area contributed by atoms with E-state index in [4.69, 9.17) is 9.26 Å². The molecule has 2 aliphatic heterocycles. The Balaban J connectivity index is 1.64. The molecule has 8 heteroatoms. The van der Waals surface area contributed by atoms with Gasteiger partial charge in [0.25, 0.3) is 0 Å². The van der Waals surface area contributed by atoms with Gasteiger partial charge >= 0.3 is 0 Å². The Morgan fingerprint density at radius 3 is 2.60 bits per heavy atom. The molecule has 2 atom stereocenters. The van der Waals surface area contributed by atoms with Gasteiger partial charge < -0.3 is 9.26 Å². The van der Waals surface area contributed by atoms with Crippen molar-refractivity contribution in [3.05, 3.63) is 41.3 Å². The van der Waals surface area contributed by atoms with Crippen molar-refractivity contribution in [1.29, 1.82) is 0 Å². The van der Waals surface area contributed by atoms with Crippen LogP contribution in [0.3, 0.4) is 0 Å². The van der Waals surface area contributed by atoms with E-state index >= 15 is 0 Å². The molecule has 2 aromatic rings. The van der Waals surface area contributed by atoms with E-state index in [1.807, 2.05) is 19.9 Å². The van der Waals surface area contributed by atoms with Crippen LogP contribution in [-0.4, -0.2) is 54.6 Å². The molecule has 0 radical (unpaired) electrons. The number of ether oxygens (including phenoxy) is 1. The van der Waals surface area contributed by atoms with Crippen molar-refractivity contribution >= 4 is 10.0 Å². The van der Waals surface area contributed by atoms with Crippen molar-refractivity contribution in [3.8, 4) is 5.75 Å². The number of fused-ring (bicyclic) bond motifs is 2. The summed E-state index contributed by atoms with van der Waals surface area (Å²) in [5.41, 5.74) is 2.04. The summed E-state index contributed by atoms with van der Waals surface area (Å²) in [6.07, 6.45) is 1.33. The Hall–Kier alpha value is -1.90. The van der Waals surface area contributed by atoms with Crippen molar-refractivity contribution in [2.45, 2.75) is 64.1 Å². The molecule has 1 saturated heterocycles. The standard InChI is InChI=1S/C22H31N3O4S/c1-15(2)13-25-19-9-11-24(14-18-16(3)23-29-17(18)4)12-10-20(19)28-21-7-5-6-8-22(21)30(25,26)27/h5-8,15,19-20H,9-14H2,1-4H3/t19-,20-/m0/s1. The van der Waals surface area contributed by atoms with E-state index in [-0.39, 0.29) is 23.0 Å². The van der Waals surface area contributed by atoms with Crippen LogP contribution in [0.2, 0.25) is 0 Å². The van der Waals surface area contributed by atoms with Crippen LogP contribution in [0.15, 0.2) is 33.7 Å². The summed E-state index contributed by atoms with van der Waals surface area (Å²) in [7, 11) is -3.62. The van der Waals surface area contributed by atoms with Crippen LogP contribution in [-0.2, 0) is 16.6 Å². The molecule has 0 aliphatic carbocycles. The third-order valence-corrected chi connectivity index (χ3v) is 8.02. The average Bonchev–Trinajstić information content (AvgIpc) is 2.86. The minimum Gasteiger partial charge on any atom is -0.487 e. The topological polar surface area (TPSA) is 75.9 Å². The van der Waals surface area contributed by atoms with Crippen LogP contribution in [0.5, 0.6) is 5.75 Å². The molecule has 3 heterocycles. The van der Waals surface area contributed by atoms with Crippen LogP contribution in [0.25, 0.3) is 0 Å². The van der Waals surface area contributed by atoms with Crippen molar-refractivity contribution < 1.29 is 17.7 Å². The molecule has 1 fully saturated rings. The van der Waals surface area contributed by atoms with Gasteiger partial charge in [0.05, 0.1) is 11.7 Å². The van der Waals surface area contributed by atoms with E-state index in [1.54, 1.807) is 22.5 Å². The lowest BCUT2D eigenvalue weighted by atomic mass is 10.0. The summed E-state index contributed by atoms with van der Waals surface area (Å²) in [5, 5.41) is 4.06. The van der Waals surface area contributed by atoms with Gasteiger partial charge in [0.1, 0.15) is 22.5 Å². The maximum atomic E-state index is 13.6. The van der Waals surface area contributed by atoms with E-state index in [0.29, 0.717) is 12.3 Å². The zero-order valence-electron chi connectivity index (χ0n) is 18.2. The number of sulfonamides is 1. The van der Waals surface area contributed by atoms with Gasteiger partial charge in [0.2, 0.25) is 10.0 Å². The Kier molecular flexibility index (Phi) is 5.92. The van der Waals surface area contributed by atoms with E-state index in [2.05, 4.69) is 23.9 Å². The molecule has 1 aromatic heterocycles. The van der Waals surface area contributed by atoms with Crippen molar-refractivity contribution in [2.75, 3.05) is 19.6 Å². The molecule has 0 N–H and O–H groups in total. The number of aryl methyl sites for hydroxylation is 2. The molecule has 0 amide bonds. The number of para-hydroxylation sites is 1. The number of nitrogens with zero attached hydrogens (tertiary/aromatic N) is 3. The van der Waals surface area contributed by atoms with Crippen LogP contribution in [0, 0.1) is 19.8 Å². The van der Waals surface area contributed by atoms with Crippen LogP contribution in [0.4, 0.5) is 0 Å². The maximum Gasteiger partial charge on any atom is 0.247 e. The molecule has 4 rings (SSSR count). The highest BCUT2D eigenvalue weighted by atomic mass is 32.2. The molecule has 7 nitrogen and oxygen atoms in total. The van der Waals surface area contributed by atoms with E-state index < -0.39 is 10.0 Å². The van der Waals surface area contributed by atoms with Gasteiger partial charge in [-0.1, -0.05) is 31.1 Å². The fourth-order valence-electron chi connectivity index (χ4n) is 4.51. The number of benzene rings is 1. The Labute approximate surface area is 179 Å². The number of likely N-dealkylation sites (tertiary alicyclic amines) is 1. The van der Waals surface area contributed by atoms with Crippen LogP contribution >= 0.6 is 0 Å². The third kappa shape index (κ3) is 4.00. The van der Waals surface area contributed by atoms with Gasteiger partial charge in [-0.05, 0) is 44.7 Å². The van der Waals surface area contributed by atoms with Gasteiger partial charge in [-0.3, -0.25) is 4.90 Å². The summed E-state index contributed by atoms with van der Waals surface area (Å²) < 4.78 is 40.5. The SMILES string of the molecule is Cc1noc(C)c1CN1CC[C@@H]2Oc3ccccc3S(=O)(=O)N(CC(C)C)[C@H]2CC1. The Morgan fingerprint density at radius 2 is 1.90 bits per heavy atom. The number of aromatic nitrogens is 1. The summed E-state index contributed by atoms with van der Waals surface area (Å²) in [6.45, 7) is 10.9. The predicted molar refractivity (Wildman–Crippen MR) is 114 cm³/mol. The smallest absolute Gasteiger partial charge is 0.247 e. The van der Waals surface area contributed by atoms with Gasteiger partial charge in [-0.15, -0.1) is 0 Å². The van der Waals surface area contributed by atoms with Crippen LogP contribution < -0.4 is 4.74 Å². The van der Waals surface area contributed by atoms with Crippen molar-refractivity contribution in [2.24, 2.45) is 5.92 Å². The average molecular weight is 434 g/mol. The summed E-state index contributed by atoms with van der Waals surface area (Å²) in [6, 6.07) is 6.85. The second kappa shape index (κ2) is 8.32.